The Bertz CT molecular complexity index is 1050. The van der Waals surface area contributed by atoms with Crippen LogP contribution < -0.4 is 5.32 Å². The highest BCUT2D eigenvalue weighted by Gasteiger charge is 2.38. The van der Waals surface area contributed by atoms with E-state index >= 15 is 0 Å². The normalized spacial score (nSPS) is 16.6. The van der Waals surface area contributed by atoms with E-state index in [0.717, 1.165) is 37.7 Å². The maximum absolute atomic E-state index is 13.6. The van der Waals surface area contributed by atoms with E-state index in [2.05, 4.69) is 22.3 Å². The van der Waals surface area contributed by atoms with Gasteiger partial charge in [0.25, 0.3) is 0 Å². The quantitative estimate of drug-likeness (QED) is 0.476. The van der Waals surface area contributed by atoms with Crippen LogP contribution in [0.1, 0.15) is 36.0 Å². The predicted octanol–water partition coefficient (Wildman–Crippen LogP) is 5.06. The van der Waals surface area contributed by atoms with Gasteiger partial charge in [-0.05, 0) is 61.1 Å². The molecule has 0 atom stereocenters. The van der Waals surface area contributed by atoms with Crippen molar-refractivity contribution in [3.8, 4) is 0 Å². The summed E-state index contributed by atoms with van der Waals surface area (Å²) in [5.74, 6) is -3.34. The molecule has 2 aromatic rings. The van der Waals surface area contributed by atoms with Gasteiger partial charge in [0, 0.05) is 36.5 Å². The molecule has 0 unspecified atom stereocenters. The monoisotopic (exact) mass is 478 g/mol. The van der Waals surface area contributed by atoms with E-state index in [1.165, 1.54) is 48.6 Å². The number of hydrogen-bond donors (Lipinski definition) is 2. The first-order valence-electron chi connectivity index (χ1n) is 11.0. The lowest BCUT2D eigenvalue weighted by Crippen LogP contribution is -2.41. The molecule has 1 amide bonds. The van der Waals surface area contributed by atoms with Crippen molar-refractivity contribution in [3.63, 3.8) is 0 Å². The highest BCUT2D eigenvalue weighted by molar-refractivity contribution is 6.02. The zero-order valence-corrected chi connectivity index (χ0v) is 18.4. The van der Waals surface area contributed by atoms with E-state index in [9.17, 15) is 22.4 Å². The summed E-state index contributed by atoms with van der Waals surface area (Å²) in [6.45, 7) is 2.23. The number of rotatable bonds is 4. The maximum Gasteiger partial charge on any atom is 0.490 e. The molecule has 2 aliphatic rings. The Hall–Kier alpha value is -3.20. The van der Waals surface area contributed by atoms with Gasteiger partial charge in [0.1, 0.15) is 5.82 Å². The molecule has 1 heterocycles. The minimum absolute atomic E-state index is 0.247. The first kappa shape index (κ1) is 25.4. The summed E-state index contributed by atoms with van der Waals surface area (Å²) in [6.07, 6.45) is 3.95. The van der Waals surface area contributed by atoms with Gasteiger partial charge in [-0.25, -0.2) is 9.18 Å². The zero-order chi connectivity index (χ0) is 24.7. The summed E-state index contributed by atoms with van der Waals surface area (Å²) in [5.41, 5.74) is 3.92. The Morgan fingerprint density at radius 3 is 2.26 bits per heavy atom. The lowest BCUT2D eigenvalue weighted by atomic mass is 9.91. The maximum atomic E-state index is 13.6. The molecule has 1 saturated carbocycles. The molecule has 0 radical (unpaired) electrons. The Kier molecular flexibility index (Phi) is 8.44. The van der Waals surface area contributed by atoms with Crippen LogP contribution in [0.25, 0.3) is 6.08 Å². The molecule has 2 aromatic carbocycles. The summed E-state index contributed by atoms with van der Waals surface area (Å²) in [7, 11) is 0. The number of carboxylic acid groups (broad SMARTS) is 1. The molecule has 0 saturated heterocycles. The van der Waals surface area contributed by atoms with Crippen molar-refractivity contribution in [2.45, 2.75) is 44.3 Å². The summed E-state index contributed by atoms with van der Waals surface area (Å²) >= 11 is 0. The average molecular weight is 478 g/mol. The van der Waals surface area contributed by atoms with Crippen molar-refractivity contribution < 1.29 is 32.3 Å². The predicted molar refractivity (Wildman–Crippen MR) is 121 cm³/mol. The highest BCUT2D eigenvalue weighted by atomic mass is 19.4. The topological polar surface area (TPSA) is 69.6 Å². The zero-order valence-electron chi connectivity index (χ0n) is 18.4. The van der Waals surface area contributed by atoms with E-state index in [4.69, 9.17) is 9.90 Å². The average Bonchev–Trinajstić information content (AvgIpc) is 2.94. The minimum Gasteiger partial charge on any atom is -0.475 e. The molecule has 1 fully saturated rings. The van der Waals surface area contributed by atoms with Crippen molar-refractivity contribution in [1.29, 1.82) is 0 Å². The minimum atomic E-state index is -5.08. The van der Waals surface area contributed by atoms with Gasteiger partial charge in [-0.3, -0.25) is 9.69 Å². The Morgan fingerprint density at radius 1 is 1.03 bits per heavy atom. The fraction of sp³-hybridized carbons (Fsp3) is 0.360. The smallest absolute Gasteiger partial charge is 0.475 e. The second-order valence-electron chi connectivity index (χ2n) is 8.25. The van der Waals surface area contributed by atoms with Crippen LogP contribution >= 0.6 is 0 Å². The molecule has 182 valence electrons. The number of carbonyl (C=O) groups excluding carboxylic acids is 1. The van der Waals surface area contributed by atoms with E-state index in [1.54, 1.807) is 18.2 Å². The van der Waals surface area contributed by atoms with Crippen molar-refractivity contribution >= 4 is 23.6 Å². The number of amides is 1. The number of fused-ring (bicyclic) bond motifs is 1. The standard InChI is InChI=1S/C23H25FN2O.C2HF3O2/c24-22-7-2-1-4-18(22)9-11-23(27)25-20-10-8-17-12-14-26(21-5-3-6-21)15-13-19(17)16-20;3-2(4,5)1(6)7/h1-2,4,7-11,16,21H,3,5-6,12-15H2,(H,25,27);(H,6,7)/b11-9+;. The molecule has 5 nitrogen and oxygen atoms in total. The summed E-state index contributed by atoms with van der Waals surface area (Å²) in [5, 5.41) is 10.0. The molecule has 0 bridgehead atoms. The first-order chi connectivity index (χ1) is 16.1. The van der Waals surface area contributed by atoms with Crippen LogP contribution in [0, 0.1) is 5.82 Å². The second kappa shape index (κ2) is 11.3. The molecular weight excluding hydrogens is 452 g/mol. The van der Waals surface area contributed by atoms with Gasteiger partial charge >= 0.3 is 12.1 Å². The third-order valence-electron chi connectivity index (χ3n) is 5.96. The Labute approximate surface area is 195 Å². The lowest BCUT2D eigenvalue weighted by molar-refractivity contribution is -0.192. The Morgan fingerprint density at radius 2 is 1.68 bits per heavy atom. The number of aliphatic carboxylic acids is 1. The molecule has 9 heteroatoms. The van der Waals surface area contributed by atoms with Crippen molar-refractivity contribution in [2.24, 2.45) is 0 Å². The lowest BCUT2D eigenvalue weighted by Gasteiger charge is -2.36. The fourth-order valence-corrected chi connectivity index (χ4v) is 3.90. The van der Waals surface area contributed by atoms with E-state index in [-0.39, 0.29) is 11.7 Å². The molecule has 1 aliphatic carbocycles. The number of benzene rings is 2. The SMILES string of the molecule is O=C(/C=C/c1ccccc1F)Nc1ccc2c(c1)CCN(C1CCC1)CC2.O=C(O)C(F)(F)F. The molecule has 0 spiro atoms. The highest BCUT2D eigenvalue weighted by Crippen LogP contribution is 2.28. The van der Waals surface area contributed by atoms with Gasteiger partial charge in [0.15, 0.2) is 0 Å². The van der Waals surface area contributed by atoms with E-state index < -0.39 is 12.1 Å². The Balaban J connectivity index is 0.000000406. The number of hydrogen-bond acceptors (Lipinski definition) is 3. The van der Waals surface area contributed by atoms with Gasteiger partial charge < -0.3 is 10.4 Å². The molecular formula is C25H26F4N2O3. The largest absolute Gasteiger partial charge is 0.490 e. The van der Waals surface area contributed by atoms with Crippen LogP contribution in [0.2, 0.25) is 0 Å². The van der Waals surface area contributed by atoms with Crippen LogP contribution in [0.15, 0.2) is 48.5 Å². The number of alkyl halides is 3. The van der Waals surface area contributed by atoms with Gasteiger partial charge in [-0.15, -0.1) is 0 Å². The van der Waals surface area contributed by atoms with Crippen molar-refractivity contribution in [1.82, 2.24) is 4.90 Å². The van der Waals surface area contributed by atoms with E-state index in [0.29, 0.717) is 5.56 Å². The molecule has 0 aromatic heterocycles. The van der Waals surface area contributed by atoms with Gasteiger partial charge in [-0.1, -0.05) is 30.7 Å². The van der Waals surface area contributed by atoms with Gasteiger partial charge in [-0.2, -0.15) is 13.2 Å². The van der Waals surface area contributed by atoms with Crippen LogP contribution in [0.3, 0.4) is 0 Å². The molecule has 2 N–H and O–H groups in total. The molecule has 34 heavy (non-hydrogen) atoms. The number of carbonyl (C=O) groups is 2. The van der Waals surface area contributed by atoms with Crippen molar-refractivity contribution in [3.05, 3.63) is 71.0 Å². The third-order valence-corrected chi connectivity index (χ3v) is 5.96. The summed E-state index contributed by atoms with van der Waals surface area (Å²) < 4.78 is 45.4. The number of nitrogens with zero attached hydrogens (tertiary/aromatic N) is 1. The molecule has 1 aliphatic heterocycles. The fourth-order valence-electron chi connectivity index (χ4n) is 3.90. The second-order valence-corrected chi connectivity index (χ2v) is 8.25. The summed E-state index contributed by atoms with van der Waals surface area (Å²) in [4.78, 5) is 23.7. The van der Waals surface area contributed by atoms with Gasteiger partial charge in [0.05, 0.1) is 0 Å². The van der Waals surface area contributed by atoms with E-state index in [1.807, 2.05) is 6.07 Å². The third kappa shape index (κ3) is 7.15. The van der Waals surface area contributed by atoms with Crippen LogP contribution in [0.5, 0.6) is 0 Å². The number of halogens is 4. The van der Waals surface area contributed by atoms with Crippen LogP contribution in [0.4, 0.5) is 23.2 Å². The number of anilines is 1. The van der Waals surface area contributed by atoms with Crippen LogP contribution in [-0.4, -0.2) is 47.2 Å². The van der Waals surface area contributed by atoms with Crippen molar-refractivity contribution in [2.75, 3.05) is 18.4 Å². The number of nitrogens with one attached hydrogen (secondary N) is 1. The van der Waals surface area contributed by atoms with Gasteiger partial charge in [0.2, 0.25) is 5.91 Å². The summed E-state index contributed by atoms with van der Waals surface area (Å²) in [6, 6.07) is 13.4. The van der Waals surface area contributed by atoms with Crippen LogP contribution in [-0.2, 0) is 22.4 Å². The number of carboxylic acids is 1. The molecule has 4 rings (SSSR count). The first-order valence-corrected chi connectivity index (χ1v) is 11.0.